The smallest absolute Gasteiger partial charge is 0.141 e. The first kappa shape index (κ1) is 15.5. The lowest BCUT2D eigenvalue weighted by molar-refractivity contribution is -0.121. The Hall–Kier alpha value is -2.42. The van der Waals surface area contributed by atoms with Crippen LogP contribution < -0.4 is 0 Å². The fourth-order valence-electron chi connectivity index (χ4n) is 2.68. The van der Waals surface area contributed by atoms with Crippen molar-refractivity contribution in [3.8, 4) is 11.3 Å². The molecule has 0 radical (unpaired) electrons. The van der Waals surface area contributed by atoms with Crippen molar-refractivity contribution < 1.29 is 4.79 Å². The largest absolute Gasteiger partial charge is 0.303 e. The van der Waals surface area contributed by atoms with Gasteiger partial charge in [-0.15, -0.1) is 0 Å². The average molecular weight is 306 g/mol. The molecule has 0 fully saturated rings. The summed E-state index contributed by atoms with van der Waals surface area (Å²) in [7, 11) is 0. The summed E-state index contributed by atoms with van der Waals surface area (Å²) in [6, 6.07) is 12.4. The highest BCUT2D eigenvalue weighted by molar-refractivity contribution is 5.84. The molecule has 0 unspecified atom stereocenters. The molecule has 0 bridgehead atoms. The zero-order valence-corrected chi connectivity index (χ0v) is 14.1. The van der Waals surface area contributed by atoms with Gasteiger partial charge in [-0.25, -0.2) is 4.98 Å². The molecule has 3 aromatic rings. The van der Waals surface area contributed by atoms with Gasteiger partial charge in [-0.3, -0.25) is 4.79 Å². The van der Waals surface area contributed by atoms with Gasteiger partial charge in [0.2, 0.25) is 0 Å². The Morgan fingerprint density at radius 2 is 1.70 bits per heavy atom. The number of hydrogen-bond donors (Lipinski definition) is 0. The van der Waals surface area contributed by atoms with E-state index in [-0.39, 0.29) is 11.7 Å². The van der Waals surface area contributed by atoms with Crippen LogP contribution in [0.25, 0.3) is 16.9 Å². The summed E-state index contributed by atoms with van der Waals surface area (Å²) in [5, 5.41) is 0. The lowest BCUT2D eigenvalue weighted by Gasteiger charge is -2.08. The van der Waals surface area contributed by atoms with Crippen LogP contribution in [0.4, 0.5) is 0 Å². The number of aromatic nitrogens is 2. The zero-order valence-electron chi connectivity index (χ0n) is 14.1. The highest BCUT2D eigenvalue weighted by Gasteiger charge is 2.18. The van der Waals surface area contributed by atoms with E-state index in [4.69, 9.17) is 4.98 Å². The molecule has 2 aromatic heterocycles. The van der Waals surface area contributed by atoms with E-state index in [1.807, 2.05) is 19.9 Å². The summed E-state index contributed by atoms with van der Waals surface area (Å²) in [6.07, 6.45) is 2.47. The lowest BCUT2D eigenvalue weighted by atomic mass is 10.0. The van der Waals surface area contributed by atoms with E-state index < -0.39 is 0 Å². The first-order chi connectivity index (χ1) is 11.0. The van der Waals surface area contributed by atoms with Gasteiger partial charge in [0.15, 0.2) is 0 Å². The third kappa shape index (κ3) is 3.04. The maximum Gasteiger partial charge on any atom is 0.141 e. The van der Waals surface area contributed by atoms with Gasteiger partial charge in [0, 0.05) is 24.1 Å². The van der Waals surface area contributed by atoms with Gasteiger partial charge in [-0.1, -0.05) is 49.7 Å². The number of rotatable bonds is 4. The van der Waals surface area contributed by atoms with E-state index in [9.17, 15) is 4.79 Å². The molecule has 0 N–H and O–H groups in total. The van der Waals surface area contributed by atoms with Gasteiger partial charge < -0.3 is 4.40 Å². The minimum Gasteiger partial charge on any atom is -0.303 e. The number of imidazole rings is 1. The maximum absolute atomic E-state index is 12.3. The van der Waals surface area contributed by atoms with Gasteiger partial charge >= 0.3 is 0 Å². The number of carbonyl (C=O) groups excluding carboxylic acids is 1. The van der Waals surface area contributed by atoms with Crippen LogP contribution in [0, 0.1) is 19.8 Å². The van der Waals surface area contributed by atoms with Gasteiger partial charge in [-0.2, -0.15) is 0 Å². The number of fused-ring (bicyclic) bond motifs is 1. The Morgan fingerprint density at radius 1 is 1.04 bits per heavy atom. The minimum absolute atomic E-state index is 0.0243. The number of benzene rings is 1. The number of aryl methyl sites for hydroxylation is 2. The molecular weight excluding hydrogens is 284 g/mol. The van der Waals surface area contributed by atoms with Crippen LogP contribution in [-0.2, 0) is 11.2 Å². The molecule has 118 valence electrons. The van der Waals surface area contributed by atoms with Crippen LogP contribution in [0.3, 0.4) is 0 Å². The van der Waals surface area contributed by atoms with E-state index in [1.54, 1.807) is 0 Å². The van der Waals surface area contributed by atoms with Crippen molar-refractivity contribution in [3.05, 3.63) is 59.4 Å². The van der Waals surface area contributed by atoms with Crippen molar-refractivity contribution in [2.45, 2.75) is 34.1 Å². The second-order valence-corrected chi connectivity index (χ2v) is 6.51. The monoisotopic (exact) mass is 306 g/mol. The summed E-state index contributed by atoms with van der Waals surface area (Å²) < 4.78 is 2.06. The molecule has 0 saturated heterocycles. The Bertz CT molecular complexity index is 857. The topological polar surface area (TPSA) is 34.4 Å². The third-order valence-electron chi connectivity index (χ3n) is 4.18. The fraction of sp³-hybridized carbons (Fsp3) is 0.300. The molecule has 0 aliphatic carbocycles. The fourth-order valence-corrected chi connectivity index (χ4v) is 2.68. The molecule has 0 saturated carbocycles. The number of Topliss-reactive ketones (excluding diaryl/α,β-unsaturated/α-hetero) is 1. The van der Waals surface area contributed by atoms with Crippen LogP contribution in [0.15, 0.2) is 42.6 Å². The molecule has 0 spiro atoms. The van der Waals surface area contributed by atoms with E-state index in [0.717, 1.165) is 28.2 Å². The molecule has 0 atom stereocenters. The normalized spacial score (nSPS) is 11.3. The zero-order chi connectivity index (χ0) is 16.6. The van der Waals surface area contributed by atoms with Gasteiger partial charge in [0.25, 0.3) is 0 Å². The highest BCUT2D eigenvalue weighted by Crippen LogP contribution is 2.26. The minimum atomic E-state index is 0.0243. The highest BCUT2D eigenvalue weighted by atomic mass is 16.1. The second-order valence-electron chi connectivity index (χ2n) is 6.51. The van der Waals surface area contributed by atoms with Crippen molar-refractivity contribution in [3.63, 3.8) is 0 Å². The molecular formula is C20H22N2O. The number of nitrogens with zero attached hydrogens (tertiary/aromatic N) is 2. The van der Waals surface area contributed by atoms with Crippen LogP contribution in [0.1, 0.15) is 30.7 Å². The van der Waals surface area contributed by atoms with E-state index in [1.165, 1.54) is 5.56 Å². The molecule has 3 heteroatoms. The maximum atomic E-state index is 12.3. The first-order valence-corrected chi connectivity index (χ1v) is 8.03. The molecule has 2 heterocycles. The number of ketones is 1. The first-order valence-electron chi connectivity index (χ1n) is 8.03. The molecule has 3 rings (SSSR count). The van der Waals surface area contributed by atoms with E-state index >= 15 is 0 Å². The quantitative estimate of drug-likeness (QED) is 0.716. The number of hydrogen-bond acceptors (Lipinski definition) is 2. The Labute approximate surface area is 137 Å². The summed E-state index contributed by atoms with van der Waals surface area (Å²) >= 11 is 0. The predicted molar refractivity (Wildman–Crippen MR) is 93.7 cm³/mol. The van der Waals surface area contributed by atoms with E-state index in [0.29, 0.717) is 6.42 Å². The van der Waals surface area contributed by atoms with Crippen molar-refractivity contribution in [1.82, 2.24) is 9.38 Å². The van der Waals surface area contributed by atoms with Crippen LogP contribution in [-0.4, -0.2) is 15.2 Å². The van der Waals surface area contributed by atoms with Crippen LogP contribution >= 0.6 is 0 Å². The van der Waals surface area contributed by atoms with Crippen LogP contribution in [0.2, 0.25) is 0 Å². The summed E-state index contributed by atoms with van der Waals surface area (Å²) in [5.41, 5.74) is 6.20. The Morgan fingerprint density at radius 3 is 2.35 bits per heavy atom. The summed E-state index contributed by atoms with van der Waals surface area (Å²) in [6.45, 7) is 8.02. The van der Waals surface area contributed by atoms with Gasteiger partial charge in [0.05, 0.1) is 11.4 Å². The molecule has 1 aromatic carbocycles. The van der Waals surface area contributed by atoms with Crippen LogP contribution in [0.5, 0.6) is 0 Å². The molecule has 0 aliphatic rings. The second kappa shape index (κ2) is 5.99. The molecule has 0 aliphatic heterocycles. The average Bonchev–Trinajstić information content (AvgIpc) is 2.86. The van der Waals surface area contributed by atoms with Crippen molar-refractivity contribution in [2.75, 3.05) is 0 Å². The molecule has 23 heavy (non-hydrogen) atoms. The SMILES string of the molecule is Cc1ccc(-c2nc3ccc(C)cn3c2CC(=O)C(C)C)cc1. The third-order valence-corrected chi connectivity index (χ3v) is 4.18. The standard InChI is InChI=1S/C20H22N2O/c1-13(2)18(23)11-17-20(16-8-5-14(3)6-9-16)21-19-10-7-15(4)12-22(17)19/h5-10,12-13H,11H2,1-4H3. The number of carbonyl (C=O) groups is 1. The molecule has 0 amide bonds. The molecule has 3 nitrogen and oxygen atoms in total. The Balaban J connectivity index is 2.19. The summed E-state index contributed by atoms with van der Waals surface area (Å²) in [5.74, 6) is 0.262. The number of pyridine rings is 1. The van der Waals surface area contributed by atoms with Crippen molar-refractivity contribution in [2.24, 2.45) is 5.92 Å². The van der Waals surface area contributed by atoms with Gasteiger partial charge in [-0.05, 0) is 25.5 Å². The Kier molecular flexibility index (Phi) is 4.03. The van der Waals surface area contributed by atoms with Crippen molar-refractivity contribution in [1.29, 1.82) is 0 Å². The van der Waals surface area contributed by atoms with Gasteiger partial charge in [0.1, 0.15) is 11.4 Å². The van der Waals surface area contributed by atoms with E-state index in [2.05, 4.69) is 54.8 Å². The van der Waals surface area contributed by atoms with Crippen molar-refractivity contribution >= 4 is 11.4 Å². The summed E-state index contributed by atoms with van der Waals surface area (Å²) in [4.78, 5) is 17.1. The predicted octanol–water partition coefficient (Wildman–Crippen LogP) is 4.39. The lowest BCUT2D eigenvalue weighted by Crippen LogP contribution is -2.12.